The zero-order chi connectivity index (χ0) is 17.3. The number of fused-ring (bicyclic) bond motifs is 2. The van der Waals surface area contributed by atoms with E-state index in [0.717, 1.165) is 48.5 Å². The predicted octanol–water partition coefficient (Wildman–Crippen LogP) is 1.12. The first-order valence-corrected chi connectivity index (χ1v) is 9.04. The number of quaternary nitrogens is 1. The number of carbonyl (C=O) groups is 1. The lowest BCUT2D eigenvalue weighted by atomic mass is 9.62. The number of piperidine rings is 1. The molecule has 4 aliphatic rings. The Morgan fingerprint density at radius 3 is 3.08 bits per heavy atom. The SMILES string of the molecule is C/C=C1\C[NH+]2CC[C@]34C(=C(C(=O)OC)[C@H]1C[C@H]23)Nc1c(O)cccc14. The third-order valence-electron chi connectivity index (χ3n) is 6.89. The first-order chi connectivity index (χ1) is 12.1. The molecule has 1 spiro atoms. The van der Waals surface area contributed by atoms with E-state index in [9.17, 15) is 9.90 Å². The Bertz CT molecular complexity index is 856. The number of allylic oxidation sites excluding steroid dienone is 1. The second-order valence-corrected chi connectivity index (χ2v) is 7.62. The van der Waals surface area contributed by atoms with Gasteiger partial charge in [-0.1, -0.05) is 18.2 Å². The molecule has 3 N–H and O–H groups in total. The third kappa shape index (κ3) is 1.64. The molecule has 25 heavy (non-hydrogen) atoms. The van der Waals surface area contributed by atoms with Crippen molar-refractivity contribution in [3.05, 3.63) is 46.7 Å². The predicted molar refractivity (Wildman–Crippen MR) is 93.4 cm³/mol. The summed E-state index contributed by atoms with van der Waals surface area (Å²) >= 11 is 0. The Morgan fingerprint density at radius 2 is 2.32 bits per heavy atom. The molecule has 0 aromatic heterocycles. The maximum atomic E-state index is 12.8. The third-order valence-corrected chi connectivity index (χ3v) is 6.89. The molecule has 2 bridgehead atoms. The fourth-order valence-electron chi connectivity index (χ4n) is 5.89. The molecule has 3 heterocycles. The van der Waals surface area contributed by atoms with E-state index in [-0.39, 0.29) is 23.1 Å². The van der Waals surface area contributed by atoms with Gasteiger partial charge in [-0.3, -0.25) is 0 Å². The highest BCUT2D eigenvalue weighted by molar-refractivity contribution is 5.94. The van der Waals surface area contributed by atoms with Crippen LogP contribution >= 0.6 is 0 Å². The Kier molecular flexibility index (Phi) is 2.93. The topological polar surface area (TPSA) is 63.0 Å². The number of phenolic OH excluding ortho intramolecular Hbond substituents is 1. The molecule has 130 valence electrons. The molecule has 0 radical (unpaired) electrons. The average Bonchev–Trinajstić information content (AvgIpc) is 3.18. The van der Waals surface area contributed by atoms with Crippen molar-refractivity contribution in [3.63, 3.8) is 0 Å². The Morgan fingerprint density at radius 1 is 1.48 bits per heavy atom. The Balaban J connectivity index is 1.83. The number of benzene rings is 1. The Hall–Kier alpha value is -2.27. The van der Waals surface area contributed by atoms with E-state index in [4.69, 9.17) is 4.74 Å². The molecule has 4 atom stereocenters. The molecule has 5 heteroatoms. The minimum absolute atomic E-state index is 0.122. The van der Waals surface area contributed by atoms with Crippen LogP contribution in [0.1, 0.15) is 25.3 Å². The minimum atomic E-state index is -0.243. The lowest BCUT2D eigenvalue weighted by molar-refractivity contribution is -0.914. The number of nitrogens with one attached hydrogen (secondary N) is 2. The lowest BCUT2D eigenvalue weighted by Crippen LogP contribution is -3.16. The minimum Gasteiger partial charge on any atom is -0.506 e. The normalized spacial score (nSPS) is 36.1. The van der Waals surface area contributed by atoms with Crippen molar-refractivity contribution in [2.75, 3.05) is 25.5 Å². The van der Waals surface area contributed by atoms with Gasteiger partial charge in [0, 0.05) is 24.5 Å². The quantitative estimate of drug-likeness (QED) is 0.408. The summed E-state index contributed by atoms with van der Waals surface area (Å²) in [6, 6.07) is 6.18. The van der Waals surface area contributed by atoms with Gasteiger partial charge in [0.2, 0.25) is 0 Å². The van der Waals surface area contributed by atoms with Crippen LogP contribution < -0.4 is 10.2 Å². The van der Waals surface area contributed by atoms with Crippen molar-refractivity contribution in [1.82, 2.24) is 0 Å². The summed E-state index contributed by atoms with van der Waals surface area (Å²) < 4.78 is 5.18. The number of anilines is 1. The van der Waals surface area contributed by atoms with Crippen molar-refractivity contribution >= 4 is 11.7 Å². The van der Waals surface area contributed by atoms with Crippen LogP contribution in [0.3, 0.4) is 0 Å². The van der Waals surface area contributed by atoms with Crippen LogP contribution in [0.5, 0.6) is 5.75 Å². The van der Waals surface area contributed by atoms with Gasteiger partial charge in [-0.15, -0.1) is 0 Å². The number of hydrogen-bond acceptors (Lipinski definition) is 4. The number of esters is 1. The fourth-order valence-corrected chi connectivity index (χ4v) is 5.89. The van der Waals surface area contributed by atoms with Crippen molar-refractivity contribution < 1.29 is 19.5 Å². The van der Waals surface area contributed by atoms with Gasteiger partial charge in [-0.25, -0.2) is 4.79 Å². The molecular weight excluding hydrogens is 316 g/mol. The van der Waals surface area contributed by atoms with Crippen LogP contribution in [-0.4, -0.2) is 37.3 Å². The highest BCUT2D eigenvalue weighted by Gasteiger charge is 2.65. The smallest absolute Gasteiger partial charge is 0.336 e. The number of rotatable bonds is 1. The van der Waals surface area contributed by atoms with E-state index in [1.54, 1.807) is 11.0 Å². The average molecular weight is 339 g/mol. The number of para-hydroxylation sites is 1. The van der Waals surface area contributed by atoms with Gasteiger partial charge in [0.15, 0.2) is 0 Å². The maximum Gasteiger partial charge on any atom is 0.336 e. The van der Waals surface area contributed by atoms with Gasteiger partial charge in [0.1, 0.15) is 11.8 Å². The molecular formula is C20H23N2O3+. The molecule has 5 nitrogen and oxygen atoms in total. The Labute approximate surface area is 147 Å². The zero-order valence-electron chi connectivity index (χ0n) is 14.6. The van der Waals surface area contributed by atoms with Crippen molar-refractivity contribution in [2.24, 2.45) is 5.92 Å². The van der Waals surface area contributed by atoms with Crippen LogP contribution in [0.25, 0.3) is 0 Å². The molecule has 3 aliphatic heterocycles. The lowest BCUT2D eigenvalue weighted by Gasteiger charge is -2.45. The van der Waals surface area contributed by atoms with Crippen LogP contribution in [-0.2, 0) is 14.9 Å². The van der Waals surface area contributed by atoms with Gasteiger partial charge in [0.25, 0.3) is 0 Å². The standard InChI is InChI=1S/C20H22N2O3/c1-3-11-10-22-8-7-20-13-5-4-6-14(23)17(13)21-18(20)16(19(24)25-2)12(11)9-15(20)22/h3-6,12,15,21,23H,7-10H2,1-2H3/p+1/b11-3+/t12-,15-,20+/m0/s1. The van der Waals surface area contributed by atoms with Crippen LogP contribution in [0.4, 0.5) is 5.69 Å². The molecule has 1 unspecified atom stereocenters. The number of phenols is 1. The molecule has 0 amide bonds. The molecule has 1 aromatic rings. The van der Waals surface area contributed by atoms with E-state index in [1.807, 2.05) is 6.07 Å². The number of methoxy groups -OCH3 is 1. The second-order valence-electron chi connectivity index (χ2n) is 7.62. The second kappa shape index (κ2) is 4.88. The molecule has 5 rings (SSSR count). The summed E-state index contributed by atoms with van der Waals surface area (Å²) in [5.74, 6) is 0.135. The summed E-state index contributed by atoms with van der Waals surface area (Å²) in [5, 5.41) is 13.9. The largest absolute Gasteiger partial charge is 0.506 e. The van der Waals surface area contributed by atoms with Crippen molar-refractivity contribution in [2.45, 2.75) is 31.2 Å². The van der Waals surface area contributed by atoms with Crippen LogP contribution in [0, 0.1) is 5.92 Å². The van der Waals surface area contributed by atoms with E-state index in [0.29, 0.717) is 6.04 Å². The molecule has 1 aromatic carbocycles. The number of hydrogen-bond donors (Lipinski definition) is 3. The van der Waals surface area contributed by atoms with E-state index >= 15 is 0 Å². The fraction of sp³-hybridized carbons (Fsp3) is 0.450. The van der Waals surface area contributed by atoms with Gasteiger partial charge in [-0.2, -0.15) is 0 Å². The molecule has 2 fully saturated rings. The first kappa shape index (κ1) is 15.0. The number of aromatic hydroxyl groups is 1. The van der Waals surface area contributed by atoms with Gasteiger partial charge in [-0.05, 0) is 24.1 Å². The van der Waals surface area contributed by atoms with Gasteiger partial charge >= 0.3 is 5.97 Å². The van der Waals surface area contributed by atoms with Crippen LogP contribution in [0.15, 0.2) is 41.1 Å². The van der Waals surface area contributed by atoms with E-state index in [1.165, 1.54) is 12.7 Å². The first-order valence-electron chi connectivity index (χ1n) is 9.04. The summed E-state index contributed by atoms with van der Waals surface area (Å²) in [5.41, 5.74) is 4.80. The zero-order valence-corrected chi connectivity index (χ0v) is 14.6. The summed E-state index contributed by atoms with van der Waals surface area (Å²) in [4.78, 5) is 14.4. The van der Waals surface area contributed by atoms with Crippen molar-refractivity contribution in [1.29, 1.82) is 0 Å². The van der Waals surface area contributed by atoms with Gasteiger partial charge in [0.05, 0.1) is 36.9 Å². The summed E-state index contributed by atoms with van der Waals surface area (Å²) in [6.45, 7) is 4.15. The molecule has 2 saturated heterocycles. The van der Waals surface area contributed by atoms with E-state index in [2.05, 4.69) is 24.4 Å². The highest BCUT2D eigenvalue weighted by atomic mass is 16.5. The number of ether oxygens (including phenoxy) is 1. The number of carbonyl (C=O) groups excluding carboxylic acids is 1. The van der Waals surface area contributed by atoms with Crippen LogP contribution in [0.2, 0.25) is 0 Å². The summed E-state index contributed by atoms with van der Waals surface area (Å²) in [7, 11) is 1.46. The van der Waals surface area contributed by atoms with Crippen molar-refractivity contribution in [3.8, 4) is 5.75 Å². The maximum absolute atomic E-state index is 12.8. The summed E-state index contributed by atoms with van der Waals surface area (Å²) in [6.07, 6.45) is 4.14. The van der Waals surface area contributed by atoms with Gasteiger partial charge < -0.3 is 20.1 Å². The molecule has 0 saturated carbocycles. The molecule has 1 aliphatic carbocycles. The van der Waals surface area contributed by atoms with E-state index < -0.39 is 0 Å². The monoisotopic (exact) mass is 339 g/mol. The highest BCUT2D eigenvalue weighted by Crippen LogP contribution is 2.58.